The molecule has 1 N–H and O–H groups in total. The highest BCUT2D eigenvalue weighted by Gasteiger charge is 2.36. The quantitative estimate of drug-likeness (QED) is 0.749. The first kappa shape index (κ1) is 20.0. The smallest absolute Gasteiger partial charge is 0.260 e. The van der Waals surface area contributed by atoms with Crippen LogP contribution in [0.25, 0.3) is 10.9 Å². The van der Waals surface area contributed by atoms with Crippen LogP contribution in [-0.2, 0) is 4.79 Å². The highest BCUT2D eigenvalue weighted by molar-refractivity contribution is 5.84. The summed E-state index contributed by atoms with van der Waals surface area (Å²) in [6.45, 7) is 6.47. The Balaban J connectivity index is 1.34. The van der Waals surface area contributed by atoms with E-state index < -0.39 is 0 Å². The Morgan fingerprint density at radius 2 is 1.90 bits per heavy atom. The van der Waals surface area contributed by atoms with E-state index in [1.165, 1.54) is 6.33 Å². The number of hydrogen-bond donors (Lipinski definition) is 1. The Labute approximate surface area is 171 Å². The van der Waals surface area contributed by atoms with Crippen LogP contribution in [0.5, 0.6) is 5.88 Å². The summed E-state index contributed by atoms with van der Waals surface area (Å²) in [5.74, 6) is 0.786. The van der Waals surface area contributed by atoms with Gasteiger partial charge in [-0.2, -0.15) is 0 Å². The van der Waals surface area contributed by atoms with Crippen LogP contribution in [-0.4, -0.2) is 102 Å². The number of aliphatic hydroxyl groups excluding tert-OH is 1. The predicted octanol–water partition coefficient (Wildman–Crippen LogP) is 0.323. The Morgan fingerprint density at radius 1 is 1.14 bits per heavy atom. The number of aromatic nitrogens is 2. The second-order valence-electron chi connectivity index (χ2n) is 8.09. The van der Waals surface area contributed by atoms with Crippen molar-refractivity contribution in [2.45, 2.75) is 0 Å². The second kappa shape index (κ2) is 9.02. The first-order chi connectivity index (χ1) is 14.1. The van der Waals surface area contributed by atoms with Crippen molar-refractivity contribution in [1.29, 1.82) is 0 Å². The molecule has 1 amide bonds. The number of nitrogens with zero attached hydrogens (tertiary/aromatic N) is 5. The van der Waals surface area contributed by atoms with Crippen molar-refractivity contribution >= 4 is 16.8 Å². The molecular weight excluding hydrogens is 370 g/mol. The van der Waals surface area contributed by atoms with Crippen molar-refractivity contribution in [3.63, 3.8) is 0 Å². The summed E-state index contributed by atoms with van der Waals surface area (Å²) >= 11 is 0. The third kappa shape index (κ3) is 4.66. The largest absolute Gasteiger partial charge is 0.467 e. The number of likely N-dealkylation sites (N-methyl/N-ethyl adjacent to an activating group) is 1. The molecule has 29 heavy (non-hydrogen) atoms. The molecule has 8 nitrogen and oxygen atoms in total. The number of ether oxygens (including phenoxy) is 1. The third-order valence-corrected chi connectivity index (χ3v) is 6.09. The van der Waals surface area contributed by atoms with Gasteiger partial charge in [-0.05, 0) is 25.1 Å². The van der Waals surface area contributed by atoms with Gasteiger partial charge in [0.15, 0.2) is 6.61 Å². The molecule has 2 aliphatic heterocycles. The van der Waals surface area contributed by atoms with Gasteiger partial charge >= 0.3 is 0 Å². The number of hydrogen-bond acceptors (Lipinski definition) is 7. The first-order valence-electron chi connectivity index (χ1n) is 10.3. The van der Waals surface area contributed by atoms with Crippen LogP contribution in [0.15, 0.2) is 30.6 Å². The first-order valence-corrected chi connectivity index (χ1v) is 10.3. The van der Waals surface area contributed by atoms with Crippen molar-refractivity contribution in [3.05, 3.63) is 30.6 Å². The molecule has 2 atom stereocenters. The zero-order valence-corrected chi connectivity index (χ0v) is 16.9. The lowest BCUT2D eigenvalue weighted by molar-refractivity contribution is -0.132. The molecule has 0 aliphatic carbocycles. The van der Waals surface area contributed by atoms with E-state index in [4.69, 9.17) is 4.74 Å². The van der Waals surface area contributed by atoms with Crippen molar-refractivity contribution in [3.8, 4) is 5.88 Å². The number of para-hydroxylation sites is 1. The minimum absolute atomic E-state index is 0.0552. The average molecular weight is 399 g/mol. The third-order valence-electron chi connectivity index (χ3n) is 6.09. The van der Waals surface area contributed by atoms with E-state index in [2.05, 4.69) is 26.8 Å². The summed E-state index contributed by atoms with van der Waals surface area (Å²) in [7, 11) is 2.14. The highest BCUT2D eigenvalue weighted by Crippen LogP contribution is 2.25. The fourth-order valence-corrected chi connectivity index (χ4v) is 4.23. The molecule has 0 spiro atoms. The molecule has 0 saturated carbocycles. The van der Waals surface area contributed by atoms with E-state index in [9.17, 15) is 9.90 Å². The predicted molar refractivity (Wildman–Crippen MR) is 110 cm³/mol. The molecule has 156 valence electrons. The summed E-state index contributed by atoms with van der Waals surface area (Å²) in [6.07, 6.45) is 1.45. The van der Waals surface area contributed by atoms with Crippen molar-refractivity contribution in [2.75, 3.05) is 66.1 Å². The highest BCUT2D eigenvalue weighted by atomic mass is 16.5. The lowest BCUT2D eigenvalue weighted by atomic mass is 9.96. The normalized spacial score (nSPS) is 23.6. The SMILES string of the molecule is CN1CCN(CC2CN(C(=O)COc3ncnc4ccccc34)CC2CO)CC1. The van der Waals surface area contributed by atoms with Crippen LogP contribution in [0.1, 0.15) is 0 Å². The van der Waals surface area contributed by atoms with Crippen molar-refractivity contribution in [1.82, 2.24) is 24.7 Å². The molecule has 2 unspecified atom stereocenters. The average Bonchev–Trinajstić information content (AvgIpc) is 3.16. The lowest BCUT2D eigenvalue weighted by Crippen LogP contribution is -2.47. The van der Waals surface area contributed by atoms with E-state index >= 15 is 0 Å². The summed E-state index contributed by atoms with van der Waals surface area (Å²) in [6, 6.07) is 7.58. The molecule has 2 saturated heterocycles. The molecule has 2 fully saturated rings. The van der Waals surface area contributed by atoms with Gasteiger partial charge in [-0.25, -0.2) is 9.97 Å². The van der Waals surface area contributed by atoms with Gasteiger partial charge in [-0.3, -0.25) is 4.79 Å². The number of fused-ring (bicyclic) bond motifs is 1. The fourth-order valence-electron chi connectivity index (χ4n) is 4.23. The monoisotopic (exact) mass is 399 g/mol. The summed E-state index contributed by atoms with van der Waals surface area (Å²) < 4.78 is 5.74. The molecule has 2 aliphatic rings. The zero-order valence-electron chi connectivity index (χ0n) is 16.9. The number of likely N-dealkylation sites (tertiary alicyclic amines) is 1. The molecule has 1 aromatic heterocycles. The number of piperazine rings is 1. The van der Waals surface area contributed by atoms with E-state index in [1.807, 2.05) is 29.2 Å². The van der Waals surface area contributed by atoms with Crippen molar-refractivity contribution < 1.29 is 14.6 Å². The van der Waals surface area contributed by atoms with Crippen LogP contribution >= 0.6 is 0 Å². The summed E-state index contributed by atoms with van der Waals surface area (Å²) in [4.78, 5) is 27.8. The van der Waals surface area contributed by atoms with Gasteiger partial charge in [0.2, 0.25) is 5.88 Å². The molecule has 2 aromatic rings. The maximum atomic E-state index is 12.8. The van der Waals surface area contributed by atoms with Gasteiger partial charge in [0.05, 0.1) is 10.9 Å². The number of aliphatic hydroxyl groups is 1. The van der Waals surface area contributed by atoms with E-state index in [-0.39, 0.29) is 25.0 Å². The van der Waals surface area contributed by atoms with E-state index in [1.54, 1.807) is 0 Å². The molecule has 0 bridgehead atoms. The van der Waals surface area contributed by atoms with Gasteiger partial charge in [0.1, 0.15) is 6.33 Å². The minimum atomic E-state index is -0.0629. The number of benzene rings is 1. The maximum absolute atomic E-state index is 12.8. The Hall–Kier alpha value is -2.29. The van der Waals surface area contributed by atoms with Gasteiger partial charge in [0, 0.05) is 58.3 Å². The van der Waals surface area contributed by atoms with Gasteiger partial charge < -0.3 is 24.5 Å². The lowest BCUT2D eigenvalue weighted by Gasteiger charge is -2.34. The van der Waals surface area contributed by atoms with Crippen LogP contribution in [0, 0.1) is 11.8 Å². The molecule has 1 aromatic carbocycles. The van der Waals surface area contributed by atoms with Crippen molar-refractivity contribution in [2.24, 2.45) is 11.8 Å². The van der Waals surface area contributed by atoms with E-state index in [0.717, 1.165) is 43.6 Å². The Kier molecular flexibility index (Phi) is 6.22. The Morgan fingerprint density at radius 3 is 2.69 bits per heavy atom. The van der Waals surface area contributed by atoms with E-state index in [0.29, 0.717) is 24.9 Å². The summed E-state index contributed by atoms with van der Waals surface area (Å²) in [5, 5.41) is 10.6. The van der Waals surface area contributed by atoms with Crippen LogP contribution in [0.2, 0.25) is 0 Å². The number of carbonyl (C=O) groups excluding carboxylic acids is 1. The summed E-state index contributed by atoms with van der Waals surface area (Å²) in [5.41, 5.74) is 0.790. The molecule has 3 heterocycles. The topological polar surface area (TPSA) is 82.0 Å². The van der Waals surface area contributed by atoms with Crippen LogP contribution < -0.4 is 4.74 Å². The Bertz CT molecular complexity index is 835. The van der Waals surface area contributed by atoms with Gasteiger partial charge in [0.25, 0.3) is 5.91 Å². The maximum Gasteiger partial charge on any atom is 0.260 e. The molecule has 0 radical (unpaired) electrons. The molecular formula is C21H29N5O3. The minimum Gasteiger partial charge on any atom is -0.467 e. The van der Waals surface area contributed by atoms with Gasteiger partial charge in [-0.15, -0.1) is 0 Å². The fraction of sp³-hybridized carbons (Fsp3) is 0.571. The standard InChI is InChI=1S/C21H29N5O3/c1-24-6-8-25(9-7-24)10-16-11-26(12-17(16)13-27)20(28)14-29-21-18-4-2-3-5-19(18)22-15-23-21/h2-5,15-17,27H,6-14H2,1H3. The number of rotatable bonds is 6. The number of carbonyl (C=O) groups is 1. The number of amides is 1. The zero-order chi connectivity index (χ0) is 20.2. The van der Waals surface area contributed by atoms with Crippen LogP contribution in [0.4, 0.5) is 0 Å². The second-order valence-corrected chi connectivity index (χ2v) is 8.09. The molecule has 4 rings (SSSR count). The molecule has 8 heteroatoms. The van der Waals surface area contributed by atoms with Crippen LogP contribution in [0.3, 0.4) is 0 Å². The van der Waals surface area contributed by atoms with Gasteiger partial charge in [-0.1, -0.05) is 12.1 Å².